The normalized spacial score (nSPS) is 11.2. The van der Waals surface area contributed by atoms with Crippen LogP contribution in [0.2, 0.25) is 0 Å². The first-order chi connectivity index (χ1) is 10.2. The summed E-state index contributed by atoms with van der Waals surface area (Å²) in [6.45, 7) is 0. The molecule has 0 spiro atoms. The number of aromatic carboxylic acids is 1. The van der Waals surface area contributed by atoms with Crippen molar-refractivity contribution in [2.24, 2.45) is 10.2 Å². The number of azo groups is 1. The van der Waals surface area contributed by atoms with E-state index in [2.05, 4.69) is 25.4 Å². The highest BCUT2D eigenvalue weighted by molar-refractivity contribution is 6.04. The molecule has 21 heavy (non-hydrogen) atoms. The van der Waals surface area contributed by atoms with Gasteiger partial charge in [-0.25, -0.2) is 9.89 Å². The molecule has 0 amide bonds. The van der Waals surface area contributed by atoms with E-state index in [1.54, 1.807) is 24.3 Å². The van der Waals surface area contributed by atoms with Crippen molar-refractivity contribution < 1.29 is 15.0 Å². The van der Waals surface area contributed by atoms with Crippen molar-refractivity contribution in [1.82, 2.24) is 15.2 Å². The van der Waals surface area contributed by atoms with Gasteiger partial charge in [0.25, 0.3) is 5.95 Å². The summed E-state index contributed by atoms with van der Waals surface area (Å²) in [5.41, 5.74) is -0.165. The largest absolute Gasteiger partial charge is 0.505 e. The average Bonchev–Trinajstić information content (AvgIpc) is 2.99. The van der Waals surface area contributed by atoms with Crippen LogP contribution in [0.25, 0.3) is 10.8 Å². The van der Waals surface area contributed by atoms with Crippen LogP contribution in [0, 0.1) is 0 Å². The minimum Gasteiger partial charge on any atom is -0.505 e. The maximum atomic E-state index is 11.2. The fraction of sp³-hybridized carbons (Fsp3) is 0. The summed E-state index contributed by atoms with van der Waals surface area (Å²) >= 11 is 0. The van der Waals surface area contributed by atoms with E-state index in [1.165, 1.54) is 12.4 Å². The Kier molecular flexibility index (Phi) is 3.03. The van der Waals surface area contributed by atoms with Gasteiger partial charge in [0.05, 0.1) is 0 Å². The second-order valence-corrected chi connectivity index (χ2v) is 4.16. The highest BCUT2D eigenvalue weighted by Gasteiger charge is 2.17. The highest BCUT2D eigenvalue weighted by atomic mass is 16.4. The van der Waals surface area contributed by atoms with Gasteiger partial charge in [0.2, 0.25) is 0 Å². The summed E-state index contributed by atoms with van der Waals surface area (Å²) in [5, 5.41) is 34.3. The van der Waals surface area contributed by atoms with Crippen LogP contribution in [-0.2, 0) is 0 Å². The lowest BCUT2D eigenvalue weighted by atomic mass is 10.0. The molecule has 0 saturated heterocycles. The van der Waals surface area contributed by atoms with Gasteiger partial charge in [0.15, 0.2) is 5.75 Å². The fourth-order valence-electron chi connectivity index (χ4n) is 1.93. The molecule has 0 aliphatic heterocycles. The second kappa shape index (κ2) is 5.00. The lowest BCUT2D eigenvalue weighted by Crippen LogP contribution is -1.97. The Morgan fingerprint density at radius 2 is 2.05 bits per heavy atom. The van der Waals surface area contributed by atoms with E-state index in [-0.39, 0.29) is 17.2 Å². The number of aromatic hydroxyl groups is 1. The van der Waals surface area contributed by atoms with Gasteiger partial charge in [-0.15, -0.1) is 10.2 Å². The lowest BCUT2D eigenvalue weighted by molar-refractivity contribution is 0.0694. The Morgan fingerprint density at radius 1 is 1.24 bits per heavy atom. The molecule has 3 aromatic rings. The van der Waals surface area contributed by atoms with Crippen LogP contribution in [0.15, 0.2) is 46.9 Å². The van der Waals surface area contributed by atoms with Crippen molar-refractivity contribution in [1.29, 1.82) is 0 Å². The van der Waals surface area contributed by atoms with Crippen molar-refractivity contribution in [3.05, 3.63) is 42.2 Å². The Bertz CT molecular complexity index is 842. The van der Waals surface area contributed by atoms with E-state index in [1.807, 2.05) is 0 Å². The Hall–Kier alpha value is -3.29. The first kappa shape index (κ1) is 12.7. The van der Waals surface area contributed by atoms with Crippen LogP contribution in [0.1, 0.15) is 10.4 Å². The zero-order chi connectivity index (χ0) is 14.8. The SMILES string of the molecule is O=C(O)c1cc2ccccc2c(N=Nc2ncn[nH]2)c1O. The minimum absolute atomic E-state index is 0.0712. The first-order valence-corrected chi connectivity index (χ1v) is 5.92. The molecule has 1 heterocycles. The summed E-state index contributed by atoms with van der Waals surface area (Å²) < 4.78 is 0. The Morgan fingerprint density at radius 3 is 2.76 bits per heavy atom. The number of aromatic nitrogens is 3. The zero-order valence-electron chi connectivity index (χ0n) is 10.6. The van der Waals surface area contributed by atoms with Crippen LogP contribution in [0.4, 0.5) is 11.6 Å². The van der Waals surface area contributed by atoms with Gasteiger partial charge >= 0.3 is 5.97 Å². The number of phenols is 1. The standard InChI is InChI=1S/C13H9N5O3/c19-11-9(12(20)21)5-7-3-1-2-4-8(7)10(11)16-18-13-14-6-15-17-13/h1-6,19H,(H,20,21)(H,14,15,17). The van der Waals surface area contributed by atoms with Crippen LogP contribution < -0.4 is 0 Å². The predicted octanol–water partition coefficient (Wildman–Crippen LogP) is 2.78. The van der Waals surface area contributed by atoms with E-state index in [0.29, 0.717) is 10.8 Å². The minimum atomic E-state index is -1.24. The van der Waals surface area contributed by atoms with Crippen molar-refractivity contribution in [2.75, 3.05) is 0 Å². The van der Waals surface area contributed by atoms with E-state index in [9.17, 15) is 9.90 Å². The summed E-state index contributed by atoms with van der Waals surface area (Å²) in [6.07, 6.45) is 1.26. The first-order valence-electron chi connectivity index (χ1n) is 5.92. The molecule has 0 radical (unpaired) electrons. The summed E-state index contributed by atoms with van der Waals surface area (Å²) in [7, 11) is 0. The van der Waals surface area contributed by atoms with Crippen LogP contribution >= 0.6 is 0 Å². The Balaban J connectivity index is 2.23. The summed E-state index contributed by atoms with van der Waals surface area (Å²) in [4.78, 5) is 15.0. The van der Waals surface area contributed by atoms with Gasteiger partial charge in [-0.2, -0.15) is 10.1 Å². The number of nitrogens with zero attached hydrogens (tertiary/aromatic N) is 4. The van der Waals surface area contributed by atoms with Gasteiger partial charge in [0, 0.05) is 5.39 Å². The van der Waals surface area contributed by atoms with E-state index < -0.39 is 11.7 Å². The topological polar surface area (TPSA) is 124 Å². The third-order valence-electron chi connectivity index (χ3n) is 2.87. The number of hydrogen-bond donors (Lipinski definition) is 3. The molecule has 0 aliphatic carbocycles. The number of aromatic amines is 1. The molecule has 0 unspecified atom stereocenters. The number of benzene rings is 2. The van der Waals surface area contributed by atoms with Crippen LogP contribution in [0.5, 0.6) is 5.75 Å². The molecule has 0 aliphatic rings. The summed E-state index contributed by atoms with van der Waals surface area (Å²) in [6, 6.07) is 8.36. The molecule has 0 fully saturated rings. The second-order valence-electron chi connectivity index (χ2n) is 4.16. The third kappa shape index (κ3) is 2.29. The number of carboxylic acids is 1. The zero-order valence-corrected chi connectivity index (χ0v) is 10.6. The smallest absolute Gasteiger partial charge is 0.339 e. The molecule has 104 valence electrons. The van der Waals surface area contributed by atoms with Crippen LogP contribution in [-0.4, -0.2) is 31.4 Å². The number of fused-ring (bicyclic) bond motifs is 1. The molecule has 0 bridgehead atoms. The molecule has 0 saturated carbocycles. The van der Waals surface area contributed by atoms with Crippen molar-refractivity contribution in [3.63, 3.8) is 0 Å². The average molecular weight is 283 g/mol. The third-order valence-corrected chi connectivity index (χ3v) is 2.87. The van der Waals surface area contributed by atoms with Crippen molar-refractivity contribution in [3.8, 4) is 5.75 Å². The number of hydrogen-bond acceptors (Lipinski definition) is 6. The van der Waals surface area contributed by atoms with Gasteiger partial charge in [-0.3, -0.25) is 0 Å². The number of nitrogens with one attached hydrogen (secondary N) is 1. The molecule has 3 rings (SSSR count). The van der Waals surface area contributed by atoms with Gasteiger partial charge in [-0.1, -0.05) is 24.3 Å². The quantitative estimate of drug-likeness (QED) is 0.637. The monoisotopic (exact) mass is 283 g/mol. The Labute approximate surface area is 117 Å². The summed E-state index contributed by atoms with van der Waals surface area (Å²) in [5.74, 6) is -1.53. The predicted molar refractivity (Wildman–Crippen MR) is 73.1 cm³/mol. The molecule has 3 N–H and O–H groups in total. The van der Waals surface area contributed by atoms with E-state index in [4.69, 9.17) is 5.11 Å². The maximum absolute atomic E-state index is 11.2. The highest BCUT2D eigenvalue weighted by Crippen LogP contribution is 2.38. The molecule has 1 aromatic heterocycles. The lowest BCUT2D eigenvalue weighted by Gasteiger charge is -2.07. The fourth-order valence-corrected chi connectivity index (χ4v) is 1.93. The number of carboxylic acid groups (broad SMARTS) is 1. The number of carbonyl (C=O) groups is 1. The van der Waals surface area contributed by atoms with E-state index in [0.717, 1.165) is 0 Å². The van der Waals surface area contributed by atoms with Gasteiger partial charge < -0.3 is 10.2 Å². The van der Waals surface area contributed by atoms with Crippen LogP contribution in [0.3, 0.4) is 0 Å². The molecule has 8 nitrogen and oxygen atoms in total. The van der Waals surface area contributed by atoms with Crippen molar-refractivity contribution >= 4 is 28.4 Å². The molecule has 8 heteroatoms. The molecule has 2 aromatic carbocycles. The van der Waals surface area contributed by atoms with Crippen molar-refractivity contribution in [2.45, 2.75) is 0 Å². The van der Waals surface area contributed by atoms with Gasteiger partial charge in [-0.05, 0) is 11.5 Å². The molecular formula is C13H9N5O3. The van der Waals surface area contributed by atoms with Gasteiger partial charge in [0.1, 0.15) is 17.6 Å². The molecular weight excluding hydrogens is 274 g/mol. The maximum Gasteiger partial charge on any atom is 0.339 e. The number of H-pyrrole nitrogens is 1. The number of rotatable bonds is 3. The molecule has 0 atom stereocenters. The van der Waals surface area contributed by atoms with E-state index >= 15 is 0 Å².